The van der Waals surface area contributed by atoms with Gasteiger partial charge in [-0.05, 0) is 70.1 Å². The van der Waals surface area contributed by atoms with E-state index in [2.05, 4.69) is 42.7 Å². The molecule has 1 aliphatic carbocycles. The minimum Gasteiger partial charge on any atom is -0.444 e. The minimum atomic E-state index is -0.454. The number of alkyl carbamates (subject to hydrolysis) is 1. The number of aryl methyl sites for hydroxylation is 2. The number of rotatable bonds is 6. The molecule has 23 heavy (non-hydrogen) atoms. The van der Waals surface area contributed by atoms with E-state index in [0.717, 1.165) is 13.1 Å². The average Bonchev–Trinajstić information content (AvgIpc) is 3.23. The normalized spacial score (nSPS) is 16.0. The van der Waals surface area contributed by atoms with Gasteiger partial charge in [0.1, 0.15) is 5.60 Å². The maximum absolute atomic E-state index is 12.0. The van der Waals surface area contributed by atoms with Gasteiger partial charge in [-0.15, -0.1) is 0 Å². The Morgan fingerprint density at radius 3 is 2.39 bits per heavy atom. The monoisotopic (exact) mass is 318 g/mol. The van der Waals surface area contributed by atoms with E-state index in [9.17, 15) is 4.79 Å². The molecule has 1 aliphatic rings. The summed E-state index contributed by atoms with van der Waals surface area (Å²) in [4.78, 5) is 12.0. The topological polar surface area (TPSA) is 50.4 Å². The van der Waals surface area contributed by atoms with Gasteiger partial charge in [0, 0.05) is 19.1 Å². The fraction of sp³-hybridized carbons (Fsp3) is 0.632. The molecule has 1 aromatic carbocycles. The Labute approximate surface area is 140 Å². The quantitative estimate of drug-likeness (QED) is 0.841. The van der Waals surface area contributed by atoms with Gasteiger partial charge in [0.15, 0.2) is 0 Å². The van der Waals surface area contributed by atoms with Crippen LogP contribution in [0.4, 0.5) is 4.79 Å². The van der Waals surface area contributed by atoms with Crippen LogP contribution in [0.1, 0.15) is 50.3 Å². The molecule has 1 amide bonds. The van der Waals surface area contributed by atoms with Gasteiger partial charge < -0.3 is 15.4 Å². The van der Waals surface area contributed by atoms with Gasteiger partial charge >= 0.3 is 6.09 Å². The number of hydrogen-bond acceptors (Lipinski definition) is 3. The van der Waals surface area contributed by atoms with Crippen LogP contribution in [0.25, 0.3) is 0 Å². The molecule has 1 fully saturated rings. The van der Waals surface area contributed by atoms with Crippen LogP contribution >= 0.6 is 0 Å². The molecular formula is C19H30N2O2. The number of carbonyl (C=O) groups excluding carboxylic acids is 1. The molecule has 0 aliphatic heterocycles. The highest BCUT2D eigenvalue weighted by atomic mass is 16.6. The smallest absolute Gasteiger partial charge is 0.407 e. The van der Waals surface area contributed by atoms with Crippen LogP contribution in [0.15, 0.2) is 18.2 Å². The maximum atomic E-state index is 12.0. The molecule has 4 nitrogen and oxygen atoms in total. The summed E-state index contributed by atoms with van der Waals surface area (Å²) in [7, 11) is 0. The van der Waals surface area contributed by atoms with Crippen LogP contribution in [0.3, 0.4) is 0 Å². The van der Waals surface area contributed by atoms with E-state index < -0.39 is 5.60 Å². The zero-order valence-corrected chi connectivity index (χ0v) is 15.0. The fourth-order valence-electron chi connectivity index (χ4n) is 2.77. The Kier molecular flexibility index (Phi) is 5.69. The van der Waals surface area contributed by atoms with Crippen molar-refractivity contribution in [3.8, 4) is 0 Å². The first-order chi connectivity index (χ1) is 10.8. The van der Waals surface area contributed by atoms with Crippen LogP contribution in [0.2, 0.25) is 0 Å². The van der Waals surface area contributed by atoms with Crippen LogP contribution in [0, 0.1) is 19.8 Å². The molecule has 0 bridgehead atoms. The summed E-state index contributed by atoms with van der Waals surface area (Å²) in [6.07, 6.45) is 2.06. The lowest BCUT2D eigenvalue weighted by Gasteiger charge is -2.24. The predicted molar refractivity (Wildman–Crippen MR) is 93.5 cm³/mol. The lowest BCUT2D eigenvalue weighted by atomic mass is 10.0. The SMILES string of the molecule is Cc1cccc(C)c1CNCC(NC(=O)OC(C)(C)C)C1CC1. The van der Waals surface area contributed by atoms with Crippen molar-refractivity contribution in [2.45, 2.75) is 65.6 Å². The van der Waals surface area contributed by atoms with Crippen LogP contribution in [-0.2, 0) is 11.3 Å². The molecule has 0 spiro atoms. The molecule has 128 valence electrons. The first-order valence-electron chi connectivity index (χ1n) is 8.51. The summed E-state index contributed by atoms with van der Waals surface area (Å²) in [5, 5.41) is 6.53. The van der Waals surface area contributed by atoms with E-state index in [0.29, 0.717) is 5.92 Å². The second kappa shape index (κ2) is 7.35. The van der Waals surface area contributed by atoms with Crippen molar-refractivity contribution >= 4 is 6.09 Å². The van der Waals surface area contributed by atoms with Crippen molar-refractivity contribution in [2.75, 3.05) is 6.54 Å². The van der Waals surface area contributed by atoms with E-state index in [1.54, 1.807) is 0 Å². The Bertz CT molecular complexity index is 525. The lowest BCUT2D eigenvalue weighted by molar-refractivity contribution is 0.0497. The number of benzene rings is 1. The fourth-order valence-corrected chi connectivity index (χ4v) is 2.77. The van der Waals surface area contributed by atoms with Gasteiger partial charge in [-0.1, -0.05) is 18.2 Å². The molecule has 0 radical (unpaired) electrons. The van der Waals surface area contributed by atoms with E-state index in [1.165, 1.54) is 29.5 Å². The summed E-state index contributed by atoms with van der Waals surface area (Å²) < 4.78 is 5.37. The molecule has 0 heterocycles. The third-order valence-corrected chi connectivity index (χ3v) is 4.20. The van der Waals surface area contributed by atoms with Gasteiger partial charge in [0.25, 0.3) is 0 Å². The molecule has 1 aromatic rings. The summed E-state index contributed by atoms with van der Waals surface area (Å²) >= 11 is 0. The molecule has 4 heteroatoms. The first kappa shape index (κ1) is 17.8. The second-order valence-corrected chi connectivity index (χ2v) is 7.59. The van der Waals surface area contributed by atoms with Crippen molar-refractivity contribution < 1.29 is 9.53 Å². The number of nitrogens with one attached hydrogen (secondary N) is 2. The molecule has 0 saturated heterocycles. The molecular weight excluding hydrogens is 288 g/mol. The van der Waals surface area contributed by atoms with Crippen molar-refractivity contribution in [1.82, 2.24) is 10.6 Å². The Morgan fingerprint density at radius 2 is 1.87 bits per heavy atom. The largest absolute Gasteiger partial charge is 0.444 e. The maximum Gasteiger partial charge on any atom is 0.407 e. The molecule has 0 aromatic heterocycles. The van der Waals surface area contributed by atoms with Crippen molar-refractivity contribution in [2.24, 2.45) is 5.92 Å². The summed E-state index contributed by atoms with van der Waals surface area (Å²) in [5.74, 6) is 0.577. The highest BCUT2D eigenvalue weighted by Gasteiger charge is 2.33. The second-order valence-electron chi connectivity index (χ2n) is 7.59. The van der Waals surface area contributed by atoms with Crippen LogP contribution < -0.4 is 10.6 Å². The highest BCUT2D eigenvalue weighted by Crippen LogP contribution is 2.32. The van der Waals surface area contributed by atoms with E-state index in [4.69, 9.17) is 4.74 Å². The number of amides is 1. The molecule has 1 atom stereocenters. The van der Waals surface area contributed by atoms with Gasteiger partial charge in [0.2, 0.25) is 0 Å². The Morgan fingerprint density at radius 1 is 1.26 bits per heavy atom. The van der Waals surface area contributed by atoms with Crippen molar-refractivity contribution in [3.05, 3.63) is 34.9 Å². The predicted octanol–water partition coefficient (Wildman–Crippen LogP) is 3.70. The molecule has 2 N–H and O–H groups in total. The summed E-state index contributed by atoms with van der Waals surface area (Å²) in [6.45, 7) is 11.5. The van der Waals surface area contributed by atoms with E-state index in [1.807, 2.05) is 20.8 Å². The zero-order valence-electron chi connectivity index (χ0n) is 15.0. The van der Waals surface area contributed by atoms with E-state index >= 15 is 0 Å². The van der Waals surface area contributed by atoms with Crippen LogP contribution in [-0.4, -0.2) is 24.3 Å². The Balaban J connectivity index is 1.85. The third-order valence-electron chi connectivity index (χ3n) is 4.20. The van der Waals surface area contributed by atoms with Crippen molar-refractivity contribution in [3.63, 3.8) is 0 Å². The summed E-state index contributed by atoms with van der Waals surface area (Å²) in [6, 6.07) is 6.52. The number of hydrogen-bond donors (Lipinski definition) is 2. The molecule has 2 rings (SSSR count). The van der Waals surface area contributed by atoms with E-state index in [-0.39, 0.29) is 12.1 Å². The molecule has 1 unspecified atom stereocenters. The lowest BCUT2D eigenvalue weighted by Crippen LogP contribution is -2.45. The number of ether oxygens (including phenoxy) is 1. The van der Waals surface area contributed by atoms with Crippen LogP contribution in [0.5, 0.6) is 0 Å². The average molecular weight is 318 g/mol. The first-order valence-corrected chi connectivity index (χ1v) is 8.51. The molecule has 1 saturated carbocycles. The van der Waals surface area contributed by atoms with Gasteiger partial charge in [-0.2, -0.15) is 0 Å². The zero-order chi connectivity index (χ0) is 17.0. The minimum absolute atomic E-state index is 0.147. The standard InChI is InChI=1S/C19H30N2O2/c1-13-7-6-8-14(2)16(13)11-20-12-17(15-9-10-15)21-18(22)23-19(3,4)5/h6-8,15,17,20H,9-12H2,1-5H3,(H,21,22). The third kappa shape index (κ3) is 5.87. The number of carbonyl (C=O) groups is 1. The Hall–Kier alpha value is -1.55. The van der Waals surface area contributed by atoms with Gasteiger partial charge in [-0.3, -0.25) is 0 Å². The summed E-state index contributed by atoms with van der Waals surface area (Å²) in [5.41, 5.74) is 3.50. The van der Waals surface area contributed by atoms with Crippen molar-refractivity contribution in [1.29, 1.82) is 0 Å². The van der Waals surface area contributed by atoms with Gasteiger partial charge in [-0.25, -0.2) is 4.79 Å². The van der Waals surface area contributed by atoms with Gasteiger partial charge in [0.05, 0.1) is 0 Å². The highest BCUT2D eigenvalue weighted by molar-refractivity contribution is 5.68.